The van der Waals surface area contributed by atoms with E-state index in [2.05, 4.69) is 26.0 Å². The summed E-state index contributed by atoms with van der Waals surface area (Å²) in [5.41, 5.74) is 5.22. The number of H-pyrrole nitrogens is 1. The van der Waals surface area contributed by atoms with Gasteiger partial charge in [0.1, 0.15) is 11.6 Å². The Bertz CT molecular complexity index is 1780. The third-order valence-corrected chi connectivity index (χ3v) is 8.16. The van der Waals surface area contributed by atoms with Crippen molar-refractivity contribution in [2.45, 2.75) is 31.2 Å². The first-order chi connectivity index (χ1) is 19.2. The molecule has 1 atom stereocenters. The molecule has 0 bridgehead atoms. The highest BCUT2D eigenvalue weighted by Crippen LogP contribution is 2.33. The molecule has 0 saturated carbocycles. The van der Waals surface area contributed by atoms with Crippen LogP contribution in [0.5, 0.6) is 0 Å². The summed E-state index contributed by atoms with van der Waals surface area (Å²) in [6.07, 6.45) is -0.113. The first kappa shape index (κ1) is 26.7. The molecule has 3 aromatic carbocycles. The molecule has 5 rings (SSSR count). The molecule has 3 N–H and O–H groups in total. The van der Waals surface area contributed by atoms with Gasteiger partial charge in [-0.05, 0) is 47.9 Å². The fourth-order valence-electron chi connectivity index (χ4n) is 4.44. The van der Waals surface area contributed by atoms with E-state index in [9.17, 15) is 23.1 Å². The van der Waals surface area contributed by atoms with Crippen molar-refractivity contribution in [3.8, 4) is 22.5 Å². The van der Waals surface area contributed by atoms with Crippen LogP contribution >= 0.6 is 0 Å². The molecule has 1 amide bonds. The molecule has 12 nitrogen and oxygen atoms in total. The number of benzene rings is 3. The molecule has 2 aromatic heterocycles. The number of hydrogen-bond acceptors (Lipinski definition) is 8. The highest BCUT2D eigenvalue weighted by atomic mass is 32.2. The number of carbonyl (C=O) groups is 2. The molecular formula is C27H24N6O6S. The first-order valence-electron chi connectivity index (χ1n) is 12.2. The number of aromatic amines is 1. The Morgan fingerprint density at radius 1 is 1.02 bits per heavy atom. The van der Waals surface area contributed by atoms with E-state index in [-0.39, 0.29) is 22.9 Å². The Morgan fingerprint density at radius 3 is 2.35 bits per heavy atom. The van der Waals surface area contributed by atoms with Gasteiger partial charge in [-0.1, -0.05) is 65.9 Å². The Labute approximate surface area is 228 Å². The molecule has 0 spiro atoms. The topological polar surface area (TPSA) is 171 Å². The van der Waals surface area contributed by atoms with Crippen molar-refractivity contribution in [3.05, 3.63) is 84.1 Å². The normalized spacial score (nSPS) is 12.5. The van der Waals surface area contributed by atoms with Crippen LogP contribution in [0.15, 0.2) is 82.1 Å². The summed E-state index contributed by atoms with van der Waals surface area (Å²) >= 11 is 0. The van der Waals surface area contributed by atoms with Crippen LogP contribution in [-0.2, 0) is 14.8 Å². The van der Waals surface area contributed by atoms with Crippen LogP contribution in [0.25, 0.3) is 33.5 Å². The third-order valence-electron chi connectivity index (χ3n) is 6.43. The molecule has 13 heteroatoms. The lowest BCUT2D eigenvalue weighted by Crippen LogP contribution is -2.54. The van der Waals surface area contributed by atoms with E-state index < -0.39 is 27.9 Å². The fraction of sp³-hybridized carbons (Fsp3) is 0.148. The third kappa shape index (κ3) is 4.83. The molecule has 0 aliphatic heterocycles. The quantitative estimate of drug-likeness (QED) is 0.227. The second kappa shape index (κ2) is 10.7. The molecule has 2 heterocycles. The predicted molar refractivity (Wildman–Crippen MR) is 144 cm³/mol. The monoisotopic (exact) mass is 560 g/mol. The van der Waals surface area contributed by atoms with Crippen molar-refractivity contribution in [1.82, 2.24) is 30.5 Å². The summed E-state index contributed by atoms with van der Waals surface area (Å²) in [4.78, 5) is 25.3. The number of hydrogen-bond donors (Lipinski definition) is 3. The highest BCUT2D eigenvalue weighted by Gasteiger charge is 2.37. The van der Waals surface area contributed by atoms with E-state index in [4.69, 9.17) is 4.42 Å². The first-order valence-corrected chi connectivity index (χ1v) is 13.7. The minimum absolute atomic E-state index is 0.113. The fourth-order valence-corrected chi connectivity index (χ4v) is 5.93. The van der Waals surface area contributed by atoms with E-state index >= 15 is 0 Å². The van der Waals surface area contributed by atoms with Crippen LogP contribution in [-0.4, -0.2) is 56.5 Å². The van der Waals surface area contributed by atoms with Crippen molar-refractivity contribution in [3.63, 3.8) is 0 Å². The number of aliphatic carboxylic acids is 1. The lowest BCUT2D eigenvalue weighted by molar-refractivity contribution is -0.142. The van der Waals surface area contributed by atoms with Gasteiger partial charge in [0.2, 0.25) is 5.82 Å². The summed E-state index contributed by atoms with van der Waals surface area (Å²) < 4.78 is 33.7. The van der Waals surface area contributed by atoms with E-state index in [1.807, 2.05) is 30.3 Å². The zero-order valence-electron chi connectivity index (χ0n) is 21.4. The number of aromatic nitrogens is 4. The van der Waals surface area contributed by atoms with Crippen LogP contribution in [0.3, 0.4) is 0 Å². The van der Waals surface area contributed by atoms with Gasteiger partial charge in [0.15, 0.2) is 5.76 Å². The zero-order chi connectivity index (χ0) is 28.4. The number of tetrazole rings is 1. The molecule has 40 heavy (non-hydrogen) atoms. The minimum Gasteiger partial charge on any atom is -0.480 e. The van der Waals surface area contributed by atoms with Crippen LogP contribution in [0.2, 0.25) is 0 Å². The lowest BCUT2D eigenvalue weighted by atomic mass is 10.1. The number of furan rings is 1. The van der Waals surface area contributed by atoms with Gasteiger partial charge in [-0.15, -0.1) is 10.2 Å². The van der Waals surface area contributed by atoms with Crippen molar-refractivity contribution in [2.75, 3.05) is 0 Å². The van der Waals surface area contributed by atoms with Crippen LogP contribution in [0, 0.1) is 6.92 Å². The van der Waals surface area contributed by atoms with Gasteiger partial charge in [-0.3, -0.25) is 15.0 Å². The van der Waals surface area contributed by atoms with E-state index in [0.29, 0.717) is 26.5 Å². The number of aryl methyl sites for hydroxylation is 1. The molecule has 0 aliphatic rings. The smallest absolute Gasteiger partial charge is 0.324 e. The van der Waals surface area contributed by atoms with E-state index in [1.165, 1.54) is 19.1 Å². The van der Waals surface area contributed by atoms with Gasteiger partial charge in [-0.2, -0.15) is 5.21 Å². The molecule has 0 fully saturated rings. The molecule has 204 valence electrons. The standard InChI is InChI=1S/C27H24N6O6S/c1-3-21(27(35)36)33(40(37,38)19-14-12-18(13-15-19)17-8-5-4-6-9-17)30-26(34)24-16(2)23-20(25-28-31-32-29-25)10-7-11-22(23)39-24/h4-15,21H,3H2,1-2H3,(H,30,34)(H,35,36)(H,28,29,31,32). The van der Waals surface area contributed by atoms with E-state index in [0.717, 1.165) is 11.1 Å². The molecule has 5 aromatic rings. The van der Waals surface area contributed by atoms with Crippen molar-refractivity contribution >= 4 is 32.9 Å². The molecule has 0 saturated heterocycles. The number of hydrazine groups is 1. The summed E-state index contributed by atoms with van der Waals surface area (Å²) in [7, 11) is -4.50. The number of carbonyl (C=O) groups excluding carboxylic acids is 1. The highest BCUT2D eigenvalue weighted by molar-refractivity contribution is 7.89. The maximum atomic E-state index is 13.7. The van der Waals surface area contributed by atoms with Gasteiger partial charge >= 0.3 is 11.9 Å². The van der Waals surface area contributed by atoms with Crippen LogP contribution < -0.4 is 5.43 Å². The summed E-state index contributed by atoms with van der Waals surface area (Å²) in [5.74, 6) is -2.27. The summed E-state index contributed by atoms with van der Waals surface area (Å²) in [5, 5.41) is 24.3. The van der Waals surface area contributed by atoms with Crippen molar-refractivity contribution in [2.24, 2.45) is 0 Å². The SMILES string of the molecule is CCC(C(=O)O)N(NC(=O)c1oc2cccc(-c3nn[nH]n3)c2c1C)S(=O)(=O)c1ccc(-c2ccccc2)cc1. The zero-order valence-corrected chi connectivity index (χ0v) is 22.2. The molecule has 0 aliphatic carbocycles. The molecule has 0 radical (unpaired) electrons. The van der Waals surface area contributed by atoms with Gasteiger partial charge in [0.25, 0.3) is 10.0 Å². The Hall–Kier alpha value is -4.88. The number of nitrogens with one attached hydrogen (secondary N) is 2. The second-order valence-electron chi connectivity index (χ2n) is 8.86. The molecular weight excluding hydrogens is 536 g/mol. The number of rotatable bonds is 9. The number of carboxylic acids is 1. The van der Waals surface area contributed by atoms with Gasteiger partial charge < -0.3 is 9.52 Å². The number of carboxylic acid groups (broad SMARTS) is 1. The number of sulfonamides is 1. The Morgan fingerprint density at radius 2 is 1.73 bits per heavy atom. The summed E-state index contributed by atoms with van der Waals surface area (Å²) in [6, 6.07) is 18.8. The number of nitrogens with zero attached hydrogens (tertiary/aromatic N) is 4. The predicted octanol–water partition coefficient (Wildman–Crippen LogP) is 3.79. The van der Waals surface area contributed by atoms with Gasteiger partial charge in [0.05, 0.1) is 4.90 Å². The van der Waals surface area contributed by atoms with Gasteiger partial charge in [-0.25, -0.2) is 8.42 Å². The Balaban J connectivity index is 1.52. The maximum Gasteiger partial charge on any atom is 0.324 e. The van der Waals surface area contributed by atoms with Crippen LogP contribution in [0.4, 0.5) is 0 Å². The largest absolute Gasteiger partial charge is 0.480 e. The number of amides is 1. The average Bonchev–Trinajstić information content (AvgIpc) is 3.62. The van der Waals surface area contributed by atoms with Gasteiger partial charge in [0, 0.05) is 16.5 Å². The summed E-state index contributed by atoms with van der Waals surface area (Å²) in [6.45, 7) is 3.13. The molecule has 1 unspecified atom stereocenters. The van der Waals surface area contributed by atoms with Crippen molar-refractivity contribution in [1.29, 1.82) is 0 Å². The number of fused-ring (bicyclic) bond motifs is 1. The average molecular weight is 561 g/mol. The van der Waals surface area contributed by atoms with Crippen molar-refractivity contribution < 1.29 is 27.5 Å². The van der Waals surface area contributed by atoms with Crippen LogP contribution in [0.1, 0.15) is 29.5 Å². The second-order valence-corrected chi connectivity index (χ2v) is 10.7. The Kier molecular flexibility index (Phi) is 7.15. The maximum absolute atomic E-state index is 13.7. The minimum atomic E-state index is -4.50. The van der Waals surface area contributed by atoms with E-state index in [1.54, 1.807) is 37.3 Å². The lowest BCUT2D eigenvalue weighted by Gasteiger charge is -2.27.